The van der Waals surface area contributed by atoms with Crippen molar-refractivity contribution in [1.29, 1.82) is 0 Å². The van der Waals surface area contributed by atoms with Gasteiger partial charge in [0.25, 0.3) is 11.8 Å². The first-order valence-corrected chi connectivity index (χ1v) is 16.8. The third-order valence-corrected chi connectivity index (χ3v) is 9.64. The lowest BCUT2D eigenvalue weighted by atomic mass is 9.83. The molecule has 2 aliphatic heterocycles. The molecule has 0 spiro atoms. The van der Waals surface area contributed by atoms with Crippen LogP contribution in [0.1, 0.15) is 97.4 Å². The van der Waals surface area contributed by atoms with E-state index in [0.29, 0.717) is 48.5 Å². The maximum Gasteiger partial charge on any atom is 0.272 e. The minimum absolute atomic E-state index is 0.0188. The Balaban J connectivity index is 1.04. The predicted octanol–water partition coefficient (Wildman–Crippen LogP) is 4.59. The van der Waals surface area contributed by atoms with Crippen molar-refractivity contribution < 1.29 is 19.1 Å². The maximum atomic E-state index is 13.2. The molecule has 0 unspecified atom stereocenters. The number of carbonyl (C=O) groups excluding carboxylic acids is 3. The van der Waals surface area contributed by atoms with Crippen LogP contribution in [0.15, 0.2) is 48.7 Å². The first-order valence-electron chi connectivity index (χ1n) is 16.8. The van der Waals surface area contributed by atoms with Crippen molar-refractivity contribution in [2.75, 3.05) is 38.2 Å². The molecule has 3 heterocycles. The van der Waals surface area contributed by atoms with Crippen LogP contribution >= 0.6 is 0 Å². The molecule has 0 bridgehead atoms. The fourth-order valence-corrected chi connectivity index (χ4v) is 7.22. The highest BCUT2D eigenvalue weighted by molar-refractivity contribution is 6.01. The Bertz CT molecular complexity index is 1520. The molecule has 244 valence electrons. The molecule has 2 N–H and O–H groups in total. The molecule has 3 aliphatic rings. The van der Waals surface area contributed by atoms with Crippen LogP contribution in [0.3, 0.4) is 0 Å². The summed E-state index contributed by atoms with van der Waals surface area (Å²) in [6, 6.07) is 13.7. The van der Waals surface area contributed by atoms with Gasteiger partial charge in [-0.05, 0) is 86.9 Å². The van der Waals surface area contributed by atoms with Gasteiger partial charge in [-0.3, -0.25) is 19.3 Å². The zero-order valence-electron chi connectivity index (χ0n) is 26.9. The van der Waals surface area contributed by atoms with Crippen molar-refractivity contribution in [3.63, 3.8) is 0 Å². The van der Waals surface area contributed by atoms with E-state index in [2.05, 4.69) is 38.0 Å². The number of ether oxygens (including phenoxy) is 1. The number of rotatable bonds is 9. The number of piperidine rings is 1. The molecular weight excluding hydrogens is 582 g/mol. The third-order valence-electron chi connectivity index (χ3n) is 9.64. The minimum Gasteiger partial charge on any atom is -0.493 e. The zero-order valence-corrected chi connectivity index (χ0v) is 26.9. The van der Waals surface area contributed by atoms with Gasteiger partial charge in [-0.2, -0.15) is 0 Å². The fraction of sp³-hybridized carbons (Fsp3) is 0.514. The number of nitrogens with zero attached hydrogens (tertiary/aromatic N) is 5. The summed E-state index contributed by atoms with van der Waals surface area (Å²) in [7, 11) is 0. The van der Waals surface area contributed by atoms with E-state index in [-0.39, 0.29) is 23.8 Å². The fourth-order valence-electron chi connectivity index (χ4n) is 7.22. The maximum absolute atomic E-state index is 13.2. The van der Waals surface area contributed by atoms with Gasteiger partial charge in [-0.15, -0.1) is 10.2 Å². The molecule has 2 aromatic carbocycles. The minimum atomic E-state index is -0.369. The number of hydrogen-bond acceptors (Lipinski definition) is 7. The van der Waals surface area contributed by atoms with Gasteiger partial charge in [-0.1, -0.05) is 30.2 Å². The first-order chi connectivity index (χ1) is 22.4. The standard InChI is InChI=1S/C35H45N7O4/c1-3-46-33-14-13-28(25-7-5-4-6-8-25)21-31(33)32-22-36-42(38-32)39-34(44)26-9-11-27(12-10-26)35(45)40-19-16-30(17-20-40)41-18-15-29(23-41)37-24(2)43/h9-14,21-22,25,29-30H,3-8,15-20,23H2,1-2H3,(H,37,43)(H,39,44)/t29-/m1/s1. The van der Waals surface area contributed by atoms with Crippen LogP contribution in [0.4, 0.5) is 0 Å². The van der Waals surface area contributed by atoms with Crippen molar-refractivity contribution in [2.24, 2.45) is 0 Å². The monoisotopic (exact) mass is 627 g/mol. The van der Waals surface area contributed by atoms with Crippen molar-refractivity contribution in [3.05, 3.63) is 65.4 Å². The average molecular weight is 628 g/mol. The number of carbonyl (C=O) groups is 3. The quantitative estimate of drug-likeness (QED) is 0.356. The molecular formula is C35H45N7O4. The molecule has 1 saturated carbocycles. The summed E-state index contributed by atoms with van der Waals surface area (Å²) in [5.74, 6) is 0.912. The van der Waals surface area contributed by atoms with E-state index >= 15 is 0 Å². The molecule has 6 rings (SSSR count). The number of hydrogen-bond donors (Lipinski definition) is 2. The topological polar surface area (TPSA) is 122 Å². The van der Waals surface area contributed by atoms with E-state index in [9.17, 15) is 14.4 Å². The highest BCUT2D eigenvalue weighted by Crippen LogP contribution is 2.37. The Morgan fingerprint density at radius 2 is 1.65 bits per heavy atom. The van der Waals surface area contributed by atoms with E-state index in [1.54, 1.807) is 37.4 Å². The van der Waals surface area contributed by atoms with Gasteiger partial charge in [0, 0.05) is 61.9 Å². The molecule has 3 aromatic rings. The smallest absolute Gasteiger partial charge is 0.272 e. The van der Waals surface area contributed by atoms with Gasteiger partial charge in [0.1, 0.15) is 11.4 Å². The molecule has 0 radical (unpaired) electrons. The SMILES string of the molecule is CCOc1ccc(C2CCCCC2)cc1-c1cnn(NC(=O)c2ccc(C(=O)N3CCC(N4CC[C@@H](NC(C)=O)C4)CC3)cc2)n1. The molecule has 11 nitrogen and oxygen atoms in total. The predicted molar refractivity (Wildman–Crippen MR) is 175 cm³/mol. The van der Waals surface area contributed by atoms with Gasteiger partial charge in [-0.25, -0.2) is 5.43 Å². The lowest BCUT2D eigenvalue weighted by Gasteiger charge is -2.36. The summed E-state index contributed by atoms with van der Waals surface area (Å²) in [5, 5.41) is 11.9. The Labute approximate surface area is 270 Å². The lowest BCUT2D eigenvalue weighted by Crippen LogP contribution is -2.47. The van der Waals surface area contributed by atoms with Crippen molar-refractivity contribution in [2.45, 2.75) is 83.2 Å². The van der Waals surface area contributed by atoms with Gasteiger partial charge in [0.2, 0.25) is 5.91 Å². The Kier molecular flexibility index (Phi) is 9.97. The Morgan fingerprint density at radius 3 is 2.37 bits per heavy atom. The van der Waals surface area contributed by atoms with Gasteiger partial charge >= 0.3 is 0 Å². The van der Waals surface area contributed by atoms with Crippen LogP contribution in [-0.2, 0) is 4.79 Å². The summed E-state index contributed by atoms with van der Waals surface area (Å²) in [6.07, 6.45) is 10.6. The van der Waals surface area contributed by atoms with Gasteiger partial charge in [0.05, 0.1) is 12.8 Å². The molecule has 1 aromatic heterocycles. The number of nitrogens with one attached hydrogen (secondary N) is 2. The van der Waals surface area contributed by atoms with Crippen LogP contribution in [0.25, 0.3) is 11.3 Å². The van der Waals surface area contributed by atoms with Crippen LogP contribution in [0, 0.1) is 0 Å². The summed E-state index contributed by atoms with van der Waals surface area (Å²) >= 11 is 0. The van der Waals surface area contributed by atoms with Crippen molar-refractivity contribution >= 4 is 17.7 Å². The number of benzene rings is 2. The third kappa shape index (κ3) is 7.41. The van der Waals surface area contributed by atoms with Crippen LogP contribution in [0.2, 0.25) is 0 Å². The number of aromatic nitrogens is 3. The van der Waals surface area contributed by atoms with Crippen LogP contribution in [-0.4, -0.2) is 87.5 Å². The summed E-state index contributed by atoms with van der Waals surface area (Å²) < 4.78 is 5.90. The molecule has 1 aliphatic carbocycles. The lowest BCUT2D eigenvalue weighted by molar-refractivity contribution is -0.119. The highest BCUT2D eigenvalue weighted by Gasteiger charge is 2.32. The Morgan fingerprint density at radius 1 is 0.913 bits per heavy atom. The Hall–Kier alpha value is -4.25. The highest BCUT2D eigenvalue weighted by atomic mass is 16.5. The second-order valence-electron chi connectivity index (χ2n) is 12.8. The largest absolute Gasteiger partial charge is 0.493 e. The van der Waals surface area contributed by atoms with E-state index in [4.69, 9.17) is 4.74 Å². The van der Waals surface area contributed by atoms with Gasteiger partial charge < -0.3 is 15.0 Å². The molecule has 1 atom stereocenters. The molecule has 46 heavy (non-hydrogen) atoms. The summed E-state index contributed by atoms with van der Waals surface area (Å²) in [4.78, 5) is 43.2. The second kappa shape index (κ2) is 14.5. The molecule has 3 amide bonds. The average Bonchev–Trinajstić information content (AvgIpc) is 3.75. The van der Waals surface area contributed by atoms with Crippen LogP contribution in [0.5, 0.6) is 5.75 Å². The van der Waals surface area contributed by atoms with E-state index in [1.165, 1.54) is 42.6 Å². The van der Waals surface area contributed by atoms with Crippen LogP contribution < -0.4 is 15.5 Å². The molecule has 11 heteroatoms. The van der Waals surface area contributed by atoms with E-state index in [0.717, 1.165) is 43.7 Å². The number of amides is 3. The summed E-state index contributed by atoms with van der Waals surface area (Å²) in [6.45, 7) is 7.29. The second-order valence-corrected chi connectivity index (χ2v) is 12.8. The molecule has 2 saturated heterocycles. The molecule has 3 fully saturated rings. The first kappa shape index (κ1) is 31.7. The van der Waals surface area contributed by atoms with Crippen molar-refractivity contribution in [1.82, 2.24) is 30.2 Å². The number of likely N-dealkylation sites (tertiary alicyclic amines) is 2. The van der Waals surface area contributed by atoms with E-state index < -0.39 is 0 Å². The summed E-state index contributed by atoms with van der Waals surface area (Å²) in [5.41, 5.74) is 6.48. The van der Waals surface area contributed by atoms with E-state index in [1.807, 2.05) is 17.9 Å². The normalized spacial score (nSPS) is 19.6. The van der Waals surface area contributed by atoms with Crippen molar-refractivity contribution in [3.8, 4) is 17.0 Å². The zero-order chi connectivity index (χ0) is 32.0. The van der Waals surface area contributed by atoms with Gasteiger partial charge in [0.15, 0.2) is 0 Å².